The third-order valence-corrected chi connectivity index (χ3v) is 13.7. The molecule has 0 unspecified atom stereocenters. The van der Waals surface area contributed by atoms with E-state index in [1.54, 1.807) is 18.2 Å². The number of ketones is 1. The number of aryl methyl sites for hydroxylation is 1. The first-order chi connectivity index (χ1) is 21.7. The summed E-state index contributed by atoms with van der Waals surface area (Å²) < 4.78 is 11.4. The molecule has 1 saturated heterocycles. The highest BCUT2D eigenvalue weighted by molar-refractivity contribution is 6.74. The van der Waals surface area contributed by atoms with Crippen molar-refractivity contribution < 1.29 is 23.5 Å². The number of ether oxygens (including phenoxy) is 1. The summed E-state index contributed by atoms with van der Waals surface area (Å²) in [6.07, 6.45) is 6.28. The molecule has 3 aromatic rings. The van der Waals surface area contributed by atoms with E-state index in [1.807, 2.05) is 41.3 Å². The fourth-order valence-electron chi connectivity index (χ4n) is 5.55. The minimum Gasteiger partial charge on any atom is -0.543 e. The van der Waals surface area contributed by atoms with E-state index >= 15 is 0 Å². The SMILES string of the molecule is COC(=O)c1ccc(CCCN2C(=O)CC[C@@H]2/C=C/C(=O)c2cccc(-c3ccc(O[Si](C)(C)C(C)(C)C)cc3C(C)C)c2)cc1. The maximum Gasteiger partial charge on any atom is 0.337 e. The van der Waals surface area contributed by atoms with Gasteiger partial charge in [0.15, 0.2) is 5.78 Å². The summed E-state index contributed by atoms with van der Waals surface area (Å²) in [5, 5.41) is 0.107. The first-order valence-corrected chi connectivity index (χ1v) is 19.2. The Hall–Kier alpha value is -3.97. The van der Waals surface area contributed by atoms with Crippen molar-refractivity contribution in [3.63, 3.8) is 0 Å². The monoisotopic (exact) mass is 639 g/mol. The average molecular weight is 640 g/mol. The van der Waals surface area contributed by atoms with Gasteiger partial charge in [0.1, 0.15) is 5.75 Å². The molecule has 46 heavy (non-hydrogen) atoms. The van der Waals surface area contributed by atoms with Gasteiger partial charge in [-0.3, -0.25) is 9.59 Å². The Morgan fingerprint density at radius 1 is 1.00 bits per heavy atom. The Bertz CT molecular complexity index is 1580. The van der Waals surface area contributed by atoms with E-state index in [-0.39, 0.29) is 34.7 Å². The predicted octanol–water partition coefficient (Wildman–Crippen LogP) is 9.01. The molecule has 4 rings (SSSR count). The van der Waals surface area contributed by atoms with Gasteiger partial charge in [-0.15, -0.1) is 0 Å². The number of nitrogens with zero attached hydrogens (tertiary/aromatic N) is 1. The molecule has 0 saturated carbocycles. The van der Waals surface area contributed by atoms with E-state index in [9.17, 15) is 14.4 Å². The van der Waals surface area contributed by atoms with Gasteiger partial charge < -0.3 is 14.1 Å². The Morgan fingerprint density at radius 2 is 1.72 bits per heavy atom. The maximum absolute atomic E-state index is 13.4. The molecule has 7 heteroatoms. The van der Waals surface area contributed by atoms with E-state index in [2.05, 4.69) is 72.0 Å². The van der Waals surface area contributed by atoms with E-state index < -0.39 is 8.32 Å². The summed E-state index contributed by atoms with van der Waals surface area (Å²) in [5.41, 5.74) is 5.53. The topological polar surface area (TPSA) is 72.9 Å². The highest BCUT2D eigenvalue weighted by atomic mass is 28.4. The van der Waals surface area contributed by atoms with Gasteiger partial charge in [-0.25, -0.2) is 4.79 Å². The highest BCUT2D eigenvalue weighted by Crippen LogP contribution is 2.39. The third kappa shape index (κ3) is 8.43. The molecule has 0 spiro atoms. The van der Waals surface area contributed by atoms with Gasteiger partial charge in [-0.2, -0.15) is 0 Å². The number of carbonyl (C=O) groups is 3. The zero-order valence-electron chi connectivity index (χ0n) is 28.7. The number of rotatable bonds is 12. The van der Waals surface area contributed by atoms with Crippen molar-refractivity contribution in [2.24, 2.45) is 0 Å². The van der Waals surface area contributed by atoms with Gasteiger partial charge in [0, 0.05) is 18.5 Å². The summed E-state index contributed by atoms with van der Waals surface area (Å²) in [5.74, 6) is 0.874. The molecule has 1 amide bonds. The zero-order chi connectivity index (χ0) is 33.6. The van der Waals surface area contributed by atoms with Crippen molar-refractivity contribution in [1.82, 2.24) is 4.90 Å². The van der Waals surface area contributed by atoms with Gasteiger partial charge in [-0.1, -0.05) is 77.1 Å². The van der Waals surface area contributed by atoms with E-state index in [1.165, 1.54) is 12.7 Å². The maximum atomic E-state index is 13.4. The highest BCUT2D eigenvalue weighted by Gasteiger charge is 2.39. The lowest BCUT2D eigenvalue weighted by Crippen LogP contribution is -2.43. The molecule has 1 aliphatic rings. The second kappa shape index (κ2) is 14.6. The van der Waals surface area contributed by atoms with Crippen molar-refractivity contribution in [2.75, 3.05) is 13.7 Å². The van der Waals surface area contributed by atoms with Crippen LogP contribution in [-0.2, 0) is 16.0 Å². The Balaban J connectivity index is 1.43. The number of methoxy groups -OCH3 is 1. The number of benzene rings is 3. The standard InChI is InChI=1S/C39H49NO5Si/c1-27(2)35-26-33(45-46(7,8)39(3,4)5)20-21-34(35)30-12-9-13-31(25-30)36(41)22-18-32-19-23-37(42)40(32)24-10-11-28-14-16-29(17-15-28)38(43)44-6/h9,12-18,20-22,25-27,32H,10-11,19,23-24H2,1-8H3/b22-18+/t32-/m0/s1. The number of hydrogen-bond acceptors (Lipinski definition) is 5. The molecular weight excluding hydrogens is 591 g/mol. The molecule has 1 aliphatic heterocycles. The second-order valence-electron chi connectivity index (χ2n) is 14.1. The largest absolute Gasteiger partial charge is 0.543 e. The van der Waals surface area contributed by atoms with Crippen molar-refractivity contribution in [1.29, 1.82) is 0 Å². The number of carbonyl (C=O) groups excluding carboxylic acids is 3. The molecule has 0 N–H and O–H groups in total. The fraction of sp³-hybridized carbons (Fsp3) is 0.410. The quantitative estimate of drug-likeness (QED) is 0.0856. The second-order valence-corrected chi connectivity index (χ2v) is 18.8. The molecule has 3 aromatic carbocycles. The summed E-state index contributed by atoms with van der Waals surface area (Å²) in [4.78, 5) is 39.6. The molecule has 6 nitrogen and oxygen atoms in total. The molecule has 0 bridgehead atoms. The molecule has 1 fully saturated rings. The van der Waals surface area contributed by atoms with Crippen LogP contribution in [0.4, 0.5) is 0 Å². The lowest BCUT2D eigenvalue weighted by atomic mass is 9.91. The summed E-state index contributed by atoms with van der Waals surface area (Å²) in [6.45, 7) is 16.2. The first kappa shape index (κ1) is 34.9. The van der Waals surface area contributed by atoms with Gasteiger partial charge in [0.05, 0.1) is 18.7 Å². The third-order valence-electron chi connectivity index (χ3n) is 9.37. The lowest BCUT2D eigenvalue weighted by molar-refractivity contribution is -0.128. The van der Waals surface area contributed by atoms with Crippen LogP contribution in [0.2, 0.25) is 18.1 Å². The van der Waals surface area contributed by atoms with Crippen LogP contribution in [0.5, 0.6) is 5.75 Å². The van der Waals surface area contributed by atoms with Gasteiger partial charge in [0.25, 0.3) is 0 Å². The minimum atomic E-state index is -1.97. The fourth-order valence-corrected chi connectivity index (χ4v) is 6.57. The lowest BCUT2D eigenvalue weighted by Gasteiger charge is -2.36. The number of allylic oxidation sites excluding steroid dienone is 1. The van der Waals surface area contributed by atoms with Crippen LogP contribution >= 0.6 is 0 Å². The van der Waals surface area contributed by atoms with E-state index in [0.29, 0.717) is 30.5 Å². The predicted molar refractivity (Wildman–Crippen MR) is 188 cm³/mol. The van der Waals surface area contributed by atoms with E-state index in [0.717, 1.165) is 35.3 Å². The van der Waals surface area contributed by atoms with Gasteiger partial charge in [-0.05, 0) is 102 Å². The van der Waals surface area contributed by atoms with Crippen LogP contribution in [0.1, 0.15) is 91.6 Å². The van der Waals surface area contributed by atoms with Crippen molar-refractivity contribution in [3.05, 3.63) is 101 Å². The number of hydrogen-bond donors (Lipinski definition) is 0. The van der Waals surface area contributed by atoms with Crippen molar-refractivity contribution in [2.45, 2.75) is 90.4 Å². The normalized spacial score (nSPS) is 15.5. The Morgan fingerprint density at radius 3 is 2.37 bits per heavy atom. The number of likely N-dealkylation sites (tertiary alicyclic amines) is 1. The average Bonchev–Trinajstić information content (AvgIpc) is 3.37. The Kier molecular flexibility index (Phi) is 11.1. The van der Waals surface area contributed by atoms with Gasteiger partial charge >= 0.3 is 5.97 Å². The van der Waals surface area contributed by atoms with Gasteiger partial charge in [0.2, 0.25) is 14.2 Å². The van der Waals surface area contributed by atoms with Crippen LogP contribution in [0.3, 0.4) is 0 Å². The zero-order valence-corrected chi connectivity index (χ0v) is 29.7. The minimum absolute atomic E-state index is 0.0733. The van der Waals surface area contributed by atoms with Crippen LogP contribution in [0.15, 0.2) is 78.9 Å². The number of amides is 1. The van der Waals surface area contributed by atoms with Crippen LogP contribution in [-0.4, -0.2) is 50.6 Å². The summed E-state index contributed by atoms with van der Waals surface area (Å²) in [6, 6.07) is 21.4. The van der Waals surface area contributed by atoms with Crippen LogP contribution in [0.25, 0.3) is 11.1 Å². The molecule has 1 heterocycles. The van der Waals surface area contributed by atoms with Crippen LogP contribution < -0.4 is 4.43 Å². The molecular formula is C39H49NO5Si. The Labute approximate surface area is 275 Å². The molecule has 0 aromatic heterocycles. The molecule has 1 atom stereocenters. The number of esters is 1. The summed E-state index contributed by atoms with van der Waals surface area (Å²) >= 11 is 0. The molecule has 0 radical (unpaired) electrons. The van der Waals surface area contributed by atoms with Crippen molar-refractivity contribution >= 4 is 26.0 Å². The molecule has 244 valence electrons. The van der Waals surface area contributed by atoms with Crippen LogP contribution in [0, 0.1) is 0 Å². The van der Waals surface area contributed by atoms with Crippen molar-refractivity contribution in [3.8, 4) is 16.9 Å². The van der Waals surface area contributed by atoms with E-state index in [4.69, 9.17) is 9.16 Å². The summed E-state index contributed by atoms with van der Waals surface area (Å²) in [7, 11) is -0.606. The molecule has 0 aliphatic carbocycles. The first-order valence-electron chi connectivity index (χ1n) is 16.3. The smallest absolute Gasteiger partial charge is 0.337 e.